The number of carbonyl (C=O) groups is 1. The van der Waals surface area contributed by atoms with Crippen molar-refractivity contribution in [2.24, 2.45) is 0 Å². The molecule has 1 amide bonds. The second-order valence-corrected chi connectivity index (χ2v) is 4.94. The highest BCUT2D eigenvalue weighted by Gasteiger charge is 2.10. The molecule has 1 aromatic carbocycles. The number of halogens is 2. The lowest BCUT2D eigenvalue weighted by molar-refractivity contribution is 0.103. The molecule has 4 nitrogen and oxygen atoms in total. The lowest BCUT2D eigenvalue weighted by atomic mass is 10.3. The van der Waals surface area contributed by atoms with E-state index in [1.54, 1.807) is 18.2 Å². The highest BCUT2D eigenvalue weighted by Crippen LogP contribution is 2.26. The molecule has 1 aromatic heterocycles. The van der Waals surface area contributed by atoms with Crippen LogP contribution in [0.1, 0.15) is 9.67 Å². The van der Waals surface area contributed by atoms with Crippen LogP contribution in [0.3, 0.4) is 0 Å². The van der Waals surface area contributed by atoms with Crippen LogP contribution >= 0.6 is 39.1 Å². The Hall–Kier alpha value is -0.980. The molecule has 0 saturated heterocycles. The number of rotatable bonds is 2. The normalized spacial score (nSPS) is 10.1. The Morgan fingerprint density at radius 3 is 2.94 bits per heavy atom. The molecule has 0 atom stereocenters. The fourth-order valence-electron chi connectivity index (χ4n) is 1.04. The number of anilines is 1. The number of nitrogens with one attached hydrogen (secondary N) is 1. The first-order valence-electron chi connectivity index (χ1n) is 4.20. The zero-order valence-corrected chi connectivity index (χ0v) is 10.9. The molecule has 2 aromatic rings. The summed E-state index contributed by atoms with van der Waals surface area (Å²) in [6, 6.07) is 5.13. The van der Waals surface area contributed by atoms with Crippen molar-refractivity contribution in [1.29, 1.82) is 0 Å². The topological polar surface area (TPSA) is 54.9 Å². The average molecular weight is 319 g/mol. The van der Waals surface area contributed by atoms with E-state index in [1.165, 1.54) is 6.20 Å². The predicted molar refractivity (Wildman–Crippen MR) is 67.0 cm³/mol. The second-order valence-electron chi connectivity index (χ2n) is 2.86. The first-order valence-corrected chi connectivity index (χ1v) is 6.15. The number of amides is 1. The first kappa shape index (κ1) is 11.5. The molecule has 0 aliphatic carbocycles. The van der Waals surface area contributed by atoms with Crippen LogP contribution in [0.4, 0.5) is 5.69 Å². The Bertz CT molecular complexity index is 517. The van der Waals surface area contributed by atoms with E-state index in [-0.39, 0.29) is 5.91 Å². The van der Waals surface area contributed by atoms with Gasteiger partial charge in [0.2, 0.25) is 0 Å². The van der Waals surface area contributed by atoms with Gasteiger partial charge in [-0.05, 0) is 45.7 Å². The molecule has 1 heterocycles. The molecule has 2 rings (SSSR count). The van der Waals surface area contributed by atoms with Gasteiger partial charge in [-0.15, -0.1) is 5.10 Å². The van der Waals surface area contributed by atoms with Crippen molar-refractivity contribution >= 4 is 50.7 Å². The smallest absolute Gasteiger partial charge is 0.269 e. The third-order valence-corrected chi connectivity index (χ3v) is 3.32. The monoisotopic (exact) mass is 317 g/mol. The maximum Gasteiger partial charge on any atom is 0.269 e. The molecule has 0 aliphatic rings. The van der Waals surface area contributed by atoms with E-state index in [1.807, 2.05) is 0 Å². The van der Waals surface area contributed by atoms with Crippen molar-refractivity contribution in [3.05, 3.63) is 38.8 Å². The van der Waals surface area contributed by atoms with Crippen LogP contribution < -0.4 is 5.32 Å². The molecular weight excluding hydrogens is 314 g/mol. The van der Waals surface area contributed by atoms with E-state index < -0.39 is 0 Å². The second kappa shape index (κ2) is 4.90. The lowest BCUT2D eigenvalue weighted by Crippen LogP contribution is -2.10. The Balaban J connectivity index is 2.18. The zero-order valence-electron chi connectivity index (χ0n) is 7.78. The third-order valence-electron chi connectivity index (χ3n) is 1.76. The standard InChI is InChI=1S/C9H5BrClN3OS/c10-6-3-5(11)1-2-7(6)13-9(15)8-4-12-14-16-8/h1-4H,(H,13,15). The van der Waals surface area contributed by atoms with Gasteiger partial charge in [0.05, 0.1) is 11.9 Å². The maximum absolute atomic E-state index is 11.7. The van der Waals surface area contributed by atoms with Gasteiger partial charge in [0.25, 0.3) is 5.91 Å². The summed E-state index contributed by atoms with van der Waals surface area (Å²) < 4.78 is 4.35. The molecule has 0 bridgehead atoms. The molecule has 0 spiro atoms. The predicted octanol–water partition coefficient (Wildman–Crippen LogP) is 3.21. The average Bonchev–Trinajstić information content (AvgIpc) is 2.75. The summed E-state index contributed by atoms with van der Waals surface area (Å²) >= 11 is 10.1. The SMILES string of the molecule is O=C(Nc1ccc(Cl)cc1Br)c1cnns1. The number of nitrogens with zero attached hydrogens (tertiary/aromatic N) is 2. The van der Waals surface area contributed by atoms with Crippen LogP contribution in [0, 0.1) is 0 Å². The summed E-state index contributed by atoms with van der Waals surface area (Å²) in [5.41, 5.74) is 0.655. The highest BCUT2D eigenvalue weighted by atomic mass is 79.9. The largest absolute Gasteiger partial charge is 0.320 e. The van der Waals surface area contributed by atoms with Crippen molar-refractivity contribution < 1.29 is 4.79 Å². The van der Waals surface area contributed by atoms with Gasteiger partial charge in [-0.1, -0.05) is 16.1 Å². The van der Waals surface area contributed by atoms with E-state index >= 15 is 0 Å². The van der Waals surface area contributed by atoms with Gasteiger partial charge >= 0.3 is 0 Å². The maximum atomic E-state index is 11.7. The van der Waals surface area contributed by atoms with Gasteiger partial charge in [-0.25, -0.2) is 0 Å². The Labute approximate surface area is 109 Å². The summed E-state index contributed by atoms with van der Waals surface area (Å²) in [5.74, 6) is -0.238. The van der Waals surface area contributed by atoms with Gasteiger partial charge in [-0.2, -0.15) is 0 Å². The number of aromatic nitrogens is 2. The van der Waals surface area contributed by atoms with Gasteiger partial charge in [-0.3, -0.25) is 4.79 Å². The van der Waals surface area contributed by atoms with E-state index in [4.69, 9.17) is 11.6 Å². The molecule has 0 saturated carbocycles. The first-order chi connectivity index (χ1) is 7.66. The molecule has 82 valence electrons. The number of hydrogen-bond donors (Lipinski definition) is 1. The molecule has 7 heteroatoms. The molecule has 0 fully saturated rings. The van der Waals surface area contributed by atoms with Gasteiger partial charge in [0, 0.05) is 9.50 Å². The van der Waals surface area contributed by atoms with E-state index in [0.717, 1.165) is 16.0 Å². The third kappa shape index (κ3) is 2.58. The Morgan fingerprint density at radius 2 is 2.31 bits per heavy atom. The minimum atomic E-state index is -0.238. The summed E-state index contributed by atoms with van der Waals surface area (Å²) in [6.45, 7) is 0. The Morgan fingerprint density at radius 1 is 1.50 bits per heavy atom. The summed E-state index contributed by atoms with van der Waals surface area (Å²) in [4.78, 5) is 12.1. The fraction of sp³-hybridized carbons (Fsp3) is 0. The quantitative estimate of drug-likeness (QED) is 0.925. The van der Waals surface area contributed by atoms with Gasteiger partial charge < -0.3 is 5.32 Å². The van der Waals surface area contributed by atoms with Crippen molar-refractivity contribution in [2.45, 2.75) is 0 Å². The van der Waals surface area contributed by atoms with Crippen LogP contribution in [-0.4, -0.2) is 15.5 Å². The summed E-state index contributed by atoms with van der Waals surface area (Å²) in [7, 11) is 0. The van der Waals surface area contributed by atoms with Crippen LogP contribution in [0.25, 0.3) is 0 Å². The molecule has 0 aliphatic heterocycles. The molecule has 16 heavy (non-hydrogen) atoms. The lowest BCUT2D eigenvalue weighted by Gasteiger charge is -2.05. The van der Waals surface area contributed by atoms with Crippen molar-refractivity contribution in [3.8, 4) is 0 Å². The number of carbonyl (C=O) groups excluding carboxylic acids is 1. The van der Waals surface area contributed by atoms with E-state index in [0.29, 0.717) is 15.6 Å². The number of hydrogen-bond acceptors (Lipinski definition) is 4. The van der Waals surface area contributed by atoms with Crippen LogP contribution in [0.2, 0.25) is 5.02 Å². The fourth-order valence-corrected chi connectivity index (χ4v) is 2.23. The van der Waals surface area contributed by atoms with Crippen LogP contribution in [-0.2, 0) is 0 Å². The minimum absolute atomic E-state index is 0.238. The molecular formula is C9H5BrClN3OS. The van der Waals surface area contributed by atoms with Gasteiger partial charge in [0.1, 0.15) is 4.88 Å². The van der Waals surface area contributed by atoms with Crippen LogP contribution in [0.15, 0.2) is 28.9 Å². The number of benzene rings is 1. The van der Waals surface area contributed by atoms with Gasteiger partial charge in [0.15, 0.2) is 0 Å². The molecule has 0 radical (unpaired) electrons. The molecule has 0 unspecified atom stereocenters. The van der Waals surface area contributed by atoms with E-state index in [2.05, 4.69) is 30.8 Å². The minimum Gasteiger partial charge on any atom is -0.320 e. The van der Waals surface area contributed by atoms with Crippen LogP contribution in [0.5, 0.6) is 0 Å². The van der Waals surface area contributed by atoms with E-state index in [9.17, 15) is 4.79 Å². The summed E-state index contributed by atoms with van der Waals surface area (Å²) in [5, 5.41) is 6.92. The zero-order chi connectivity index (χ0) is 11.5. The Kier molecular flexibility index (Phi) is 3.52. The highest BCUT2D eigenvalue weighted by molar-refractivity contribution is 9.10. The molecule has 1 N–H and O–H groups in total. The van der Waals surface area contributed by atoms with Crippen molar-refractivity contribution in [3.63, 3.8) is 0 Å². The summed E-state index contributed by atoms with van der Waals surface area (Å²) in [6.07, 6.45) is 1.42. The van der Waals surface area contributed by atoms with Crippen molar-refractivity contribution in [2.75, 3.05) is 5.32 Å². The van der Waals surface area contributed by atoms with Crippen molar-refractivity contribution in [1.82, 2.24) is 9.59 Å².